The molecule has 11 rings (SSSR count). The second-order valence-corrected chi connectivity index (χ2v) is 16.9. The molecule has 0 fully saturated rings. The van der Waals surface area contributed by atoms with E-state index in [0.29, 0.717) is 17.0 Å². The normalized spacial score (nSPS) is 11.1. The van der Waals surface area contributed by atoms with E-state index in [0.717, 1.165) is 89.0 Å². The van der Waals surface area contributed by atoms with Gasteiger partial charge in [-0.25, -0.2) is 9.97 Å². The molecule has 0 spiro atoms. The molecule has 0 bridgehead atoms. The molecule has 314 valence electrons. The standard InChI is InChI=1S/C62H41N5/c1-40-13-9-11-19-51(40)48-29-31-59-55(33-48)56-34-49(52-20-12-10-14-41(52)2)30-32-60(56)67(59)61-53(44-25-21-42(38-63)22-26-44)35-50(36-54(61)45-27-23-43(39-64)24-28-45)62-65-57(46-15-5-3-6-16-46)37-58(66-62)47-17-7-4-8-18-47/h3-37H,1-2H3. The Hall–Kier alpha value is -9.16. The lowest BCUT2D eigenvalue weighted by Crippen LogP contribution is -2.03. The minimum atomic E-state index is 0.574. The Morgan fingerprint density at radius 1 is 0.358 bits per heavy atom. The molecule has 0 aliphatic carbocycles. The number of fused-ring (bicyclic) bond motifs is 3. The summed E-state index contributed by atoms with van der Waals surface area (Å²) >= 11 is 0. The summed E-state index contributed by atoms with van der Waals surface area (Å²) in [5.74, 6) is 0.574. The molecule has 0 amide bonds. The number of nitriles is 2. The van der Waals surface area contributed by atoms with Gasteiger partial charge in [0.1, 0.15) is 0 Å². The van der Waals surface area contributed by atoms with E-state index < -0.39 is 0 Å². The first-order chi connectivity index (χ1) is 32.9. The Balaban J connectivity index is 1.26. The van der Waals surface area contributed by atoms with Crippen molar-refractivity contribution in [2.75, 3.05) is 0 Å². The molecule has 67 heavy (non-hydrogen) atoms. The van der Waals surface area contributed by atoms with Gasteiger partial charge in [-0.2, -0.15) is 10.5 Å². The monoisotopic (exact) mass is 855 g/mol. The first-order valence-corrected chi connectivity index (χ1v) is 22.3. The number of rotatable bonds is 8. The molecule has 5 nitrogen and oxygen atoms in total. The van der Waals surface area contributed by atoms with Gasteiger partial charge in [-0.1, -0.05) is 146 Å². The van der Waals surface area contributed by atoms with Gasteiger partial charge in [0.25, 0.3) is 0 Å². The molecule has 5 heteroatoms. The number of aromatic nitrogens is 3. The third-order valence-electron chi connectivity index (χ3n) is 12.8. The highest BCUT2D eigenvalue weighted by molar-refractivity contribution is 6.13. The van der Waals surface area contributed by atoms with Crippen LogP contribution in [0.3, 0.4) is 0 Å². The summed E-state index contributed by atoms with van der Waals surface area (Å²) in [5, 5.41) is 22.2. The van der Waals surface area contributed by atoms with Gasteiger partial charge in [-0.15, -0.1) is 0 Å². The Bertz CT molecular complexity index is 3520. The van der Waals surface area contributed by atoms with Crippen LogP contribution in [0.2, 0.25) is 0 Å². The average molecular weight is 856 g/mol. The fraction of sp³-hybridized carbons (Fsp3) is 0.0323. The molecule has 0 N–H and O–H groups in total. The molecule has 0 aliphatic heterocycles. The van der Waals surface area contributed by atoms with Gasteiger partial charge >= 0.3 is 0 Å². The minimum Gasteiger partial charge on any atom is -0.308 e. The lowest BCUT2D eigenvalue weighted by molar-refractivity contribution is 1.17. The summed E-state index contributed by atoms with van der Waals surface area (Å²) in [6.07, 6.45) is 0. The quantitative estimate of drug-likeness (QED) is 0.152. The molecule has 2 heterocycles. The average Bonchev–Trinajstić information content (AvgIpc) is 3.71. The van der Waals surface area contributed by atoms with Crippen LogP contribution in [0.15, 0.2) is 212 Å². The minimum absolute atomic E-state index is 0.574. The van der Waals surface area contributed by atoms with Crippen molar-refractivity contribution in [2.24, 2.45) is 0 Å². The molecule has 11 aromatic rings. The van der Waals surface area contributed by atoms with Crippen molar-refractivity contribution in [1.29, 1.82) is 10.5 Å². The van der Waals surface area contributed by atoms with E-state index in [4.69, 9.17) is 9.97 Å². The summed E-state index contributed by atoms with van der Waals surface area (Å²) in [7, 11) is 0. The summed E-state index contributed by atoms with van der Waals surface area (Å²) in [6.45, 7) is 4.33. The van der Waals surface area contributed by atoms with E-state index in [-0.39, 0.29) is 0 Å². The van der Waals surface area contributed by atoms with Crippen molar-refractivity contribution in [1.82, 2.24) is 14.5 Å². The van der Waals surface area contributed by atoms with Crippen molar-refractivity contribution in [3.05, 3.63) is 235 Å². The number of hydrogen-bond acceptors (Lipinski definition) is 4. The van der Waals surface area contributed by atoms with Crippen molar-refractivity contribution in [3.8, 4) is 96.2 Å². The molecular weight excluding hydrogens is 815 g/mol. The van der Waals surface area contributed by atoms with Gasteiger partial charge in [0.2, 0.25) is 0 Å². The zero-order chi connectivity index (χ0) is 45.4. The van der Waals surface area contributed by atoms with Gasteiger partial charge in [0.15, 0.2) is 5.82 Å². The lowest BCUT2D eigenvalue weighted by atomic mass is 9.91. The SMILES string of the molecule is Cc1ccccc1-c1ccc2c(c1)c1cc(-c3ccccc3C)ccc1n2-c1c(-c2ccc(C#N)cc2)cc(-c2nc(-c3ccccc3)cc(-c3ccccc3)n2)cc1-c1ccc(C#N)cc1. The molecule has 0 saturated heterocycles. The first-order valence-electron chi connectivity index (χ1n) is 22.3. The first kappa shape index (κ1) is 40.6. The largest absolute Gasteiger partial charge is 0.308 e. The van der Waals surface area contributed by atoms with Crippen molar-refractivity contribution < 1.29 is 0 Å². The lowest BCUT2D eigenvalue weighted by Gasteiger charge is -2.21. The van der Waals surface area contributed by atoms with E-state index in [1.165, 1.54) is 22.3 Å². The maximum Gasteiger partial charge on any atom is 0.160 e. The number of benzene rings is 9. The number of nitrogens with zero attached hydrogens (tertiary/aromatic N) is 5. The maximum atomic E-state index is 9.96. The highest BCUT2D eigenvalue weighted by Gasteiger charge is 2.24. The summed E-state index contributed by atoms with van der Waals surface area (Å²) < 4.78 is 2.40. The molecule has 0 saturated carbocycles. The van der Waals surface area contributed by atoms with E-state index in [1.807, 2.05) is 84.9 Å². The van der Waals surface area contributed by atoms with Crippen LogP contribution in [-0.2, 0) is 0 Å². The predicted molar refractivity (Wildman–Crippen MR) is 273 cm³/mol. The van der Waals surface area contributed by atoms with Gasteiger partial charge in [0, 0.05) is 38.6 Å². The van der Waals surface area contributed by atoms with Crippen molar-refractivity contribution in [3.63, 3.8) is 0 Å². The maximum absolute atomic E-state index is 9.96. The molecule has 0 atom stereocenters. The van der Waals surface area contributed by atoms with Crippen LogP contribution in [-0.4, -0.2) is 14.5 Å². The predicted octanol–water partition coefficient (Wildman–Crippen LogP) is 15.6. The molecule has 0 aliphatic rings. The van der Waals surface area contributed by atoms with Crippen molar-refractivity contribution in [2.45, 2.75) is 13.8 Å². The highest BCUT2D eigenvalue weighted by atomic mass is 15.0. The van der Waals surface area contributed by atoms with Crippen LogP contribution in [0, 0.1) is 36.5 Å². The van der Waals surface area contributed by atoms with Gasteiger partial charge < -0.3 is 4.57 Å². The van der Waals surface area contributed by atoms with Crippen LogP contribution in [0.25, 0.3) is 106 Å². The Morgan fingerprint density at radius 2 is 0.761 bits per heavy atom. The second-order valence-electron chi connectivity index (χ2n) is 16.9. The molecule has 0 unspecified atom stereocenters. The zero-order valence-electron chi connectivity index (χ0n) is 36.9. The van der Waals surface area contributed by atoms with E-state index in [9.17, 15) is 10.5 Å². The smallest absolute Gasteiger partial charge is 0.160 e. The van der Waals surface area contributed by atoms with Crippen LogP contribution in [0.5, 0.6) is 0 Å². The summed E-state index contributed by atoms with van der Waals surface area (Å²) in [6, 6.07) is 77.9. The van der Waals surface area contributed by atoms with E-state index in [2.05, 4.69) is 158 Å². The Kier molecular flexibility index (Phi) is 10.4. The van der Waals surface area contributed by atoms with Crippen molar-refractivity contribution >= 4 is 21.8 Å². The fourth-order valence-corrected chi connectivity index (χ4v) is 9.38. The van der Waals surface area contributed by atoms with E-state index >= 15 is 0 Å². The van der Waals surface area contributed by atoms with Crippen LogP contribution in [0.4, 0.5) is 0 Å². The zero-order valence-corrected chi connectivity index (χ0v) is 36.9. The van der Waals surface area contributed by atoms with E-state index in [1.54, 1.807) is 0 Å². The molecule has 2 aromatic heterocycles. The Labute approximate surface area is 389 Å². The highest BCUT2D eigenvalue weighted by Crippen LogP contribution is 2.45. The van der Waals surface area contributed by atoms with Crippen LogP contribution < -0.4 is 0 Å². The Morgan fingerprint density at radius 3 is 1.18 bits per heavy atom. The third kappa shape index (κ3) is 7.51. The van der Waals surface area contributed by atoms with Crippen LogP contribution in [0.1, 0.15) is 22.3 Å². The van der Waals surface area contributed by atoms with Crippen LogP contribution >= 0.6 is 0 Å². The third-order valence-corrected chi connectivity index (χ3v) is 12.8. The molecular formula is C62H41N5. The van der Waals surface area contributed by atoms with Gasteiger partial charge in [-0.05, 0) is 125 Å². The topological polar surface area (TPSA) is 78.3 Å². The fourth-order valence-electron chi connectivity index (χ4n) is 9.38. The summed E-state index contributed by atoms with van der Waals surface area (Å²) in [5.41, 5.74) is 19.4. The second kappa shape index (κ2) is 17.1. The van der Waals surface area contributed by atoms with Gasteiger partial charge in [0.05, 0.1) is 51.4 Å². The summed E-state index contributed by atoms with van der Waals surface area (Å²) in [4.78, 5) is 10.6. The number of aryl methyl sites for hydroxylation is 2. The molecule has 0 radical (unpaired) electrons. The molecule has 9 aromatic carbocycles. The number of hydrogen-bond donors (Lipinski definition) is 0. The van der Waals surface area contributed by atoms with Gasteiger partial charge in [-0.3, -0.25) is 0 Å².